The van der Waals surface area contributed by atoms with E-state index in [2.05, 4.69) is 4.74 Å². The number of carboxylic acids is 1. The van der Waals surface area contributed by atoms with Crippen molar-refractivity contribution in [3.8, 4) is 5.75 Å². The van der Waals surface area contributed by atoms with Gasteiger partial charge in [-0.25, -0.2) is 0 Å². The number of thioether (sulfide) groups is 1. The minimum Gasteiger partial charge on any atom is -0.481 e. The van der Waals surface area contributed by atoms with E-state index in [-0.39, 0.29) is 0 Å². The first-order valence-corrected chi connectivity index (χ1v) is 7.46. The van der Waals surface area contributed by atoms with Crippen molar-refractivity contribution in [2.75, 3.05) is 11.5 Å². The van der Waals surface area contributed by atoms with Gasteiger partial charge in [0.25, 0.3) is 0 Å². The van der Waals surface area contributed by atoms with Crippen LogP contribution in [0.25, 0.3) is 0 Å². The third kappa shape index (κ3) is 6.60. The van der Waals surface area contributed by atoms with Crippen molar-refractivity contribution in [2.24, 2.45) is 0 Å². The van der Waals surface area contributed by atoms with Gasteiger partial charge in [0.05, 0.1) is 11.5 Å². The molecule has 11 heteroatoms. The van der Waals surface area contributed by atoms with Crippen molar-refractivity contribution in [1.82, 2.24) is 5.32 Å². The zero-order valence-electron chi connectivity index (χ0n) is 11.8. The summed E-state index contributed by atoms with van der Waals surface area (Å²) in [7, 11) is 0. The van der Waals surface area contributed by atoms with Crippen LogP contribution in [0.4, 0.5) is 22.0 Å². The van der Waals surface area contributed by atoms with E-state index in [9.17, 15) is 31.5 Å². The second-order valence-electron chi connectivity index (χ2n) is 4.35. The van der Waals surface area contributed by atoms with Gasteiger partial charge in [-0.2, -0.15) is 22.0 Å². The summed E-state index contributed by atoms with van der Waals surface area (Å²) >= 11 is 0.602. The molecule has 0 aromatic heterocycles. The van der Waals surface area contributed by atoms with Gasteiger partial charge in [0.1, 0.15) is 5.75 Å². The van der Waals surface area contributed by atoms with Gasteiger partial charge in [-0.3, -0.25) is 9.59 Å². The third-order valence-corrected chi connectivity index (χ3v) is 3.45. The molecule has 0 saturated carbocycles. The Bertz CT molecular complexity index is 582. The predicted molar refractivity (Wildman–Crippen MR) is 75.0 cm³/mol. The molecule has 0 radical (unpaired) electrons. The first-order valence-electron chi connectivity index (χ1n) is 6.30. The average molecular weight is 373 g/mol. The first kappa shape index (κ1) is 20.0. The number of para-hydroxylation sites is 1. The van der Waals surface area contributed by atoms with Crippen molar-refractivity contribution in [1.29, 1.82) is 0 Å². The molecule has 1 aromatic rings. The number of rotatable bonds is 8. The van der Waals surface area contributed by atoms with E-state index < -0.39 is 53.5 Å². The van der Waals surface area contributed by atoms with E-state index in [0.29, 0.717) is 11.8 Å². The number of carboxylic acid groups (broad SMARTS) is 1. The van der Waals surface area contributed by atoms with Crippen LogP contribution >= 0.6 is 11.8 Å². The molecule has 134 valence electrons. The molecule has 24 heavy (non-hydrogen) atoms. The molecule has 0 aliphatic carbocycles. The lowest BCUT2D eigenvalue weighted by atomic mass is 10.1. The van der Waals surface area contributed by atoms with Crippen molar-refractivity contribution < 1.29 is 41.4 Å². The van der Waals surface area contributed by atoms with Crippen LogP contribution in [-0.2, 0) is 9.59 Å². The molecule has 2 N–H and O–H groups in total. The Balaban J connectivity index is 2.95. The van der Waals surface area contributed by atoms with E-state index in [1.54, 1.807) is 5.32 Å². The van der Waals surface area contributed by atoms with E-state index in [1.807, 2.05) is 0 Å². The van der Waals surface area contributed by atoms with Crippen LogP contribution in [0.1, 0.15) is 11.6 Å². The Hall–Kier alpha value is -2.04. The molecule has 1 rings (SSSR count). The van der Waals surface area contributed by atoms with Crippen LogP contribution in [-0.4, -0.2) is 41.3 Å². The van der Waals surface area contributed by atoms with Gasteiger partial charge in [-0.1, -0.05) is 18.2 Å². The van der Waals surface area contributed by atoms with Crippen LogP contribution in [0.5, 0.6) is 5.75 Å². The number of hydrogen-bond donors (Lipinski definition) is 2. The molecule has 0 aliphatic heterocycles. The van der Waals surface area contributed by atoms with E-state index in [1.165, 1.54) is 12.1 Å². The molecule has 0 bridgehead atoms. The lowest BCUT2D eigenvalue weighted by molar-refractivity contribution is -0.163. The third-order valence-electron chi connectivity index (χ3n) is 2.54. The molecular formula is C13H12F5NO4S. The van der Waals surface area contributed by atoms with Gasteiger partial charge in [0, 0.05) is 5.56 Å². The Morgan fingerprint density at radius 1 is 1.21 bits per heavy atom. The highest BCUT2D eigenvalue weighted by molar-refractivity contribution is 8.00. The quantitative estimate of drug-likeness (QED) is 0.686. The molecule has 1 unspecified atom stereocenters. The van der Waals surface area contributed by atoms with Crippen LogP contribution in [0.3, 0.4) is 0 Å². The summed E-state index contributed by atoms with van der Waals surface area (Å²) in [6, 6.07) is 1.65. The molecule has 1 atom stereocenters. The van der Waals surface area contributed by atoms with Crippen molar-refractivity contribution >= 4 is 23.6 Å². The molecular weight excluding hydrogens is 361 g/mol. The number of nitrogens with one attached hydrogen (secondary N) is 1. The number of carbonyl (C=O) groups is 2. The van der Waals surface area contributed by atoms with Gasteiger partial charge in [-0.15, -0.1) is 11.8 Å². The molecule has 1 aromatic carbocycles. The summed E-state index contributed by atoms with van der Waals surface area (Å²) in [6.07, 6.45) is -4.96. The lowest BCUT2D eigenvalue weighted by Crippen LogP contribution is -2.39. The molecule has 1 amide bonds. The van der Waals surface area contributed by atoms with Crippen molar-refractivity contribution in [2.45, 2.75) is 18.8 Å². The maximum Gasteiger partial charge on any atom is 0.413 e. The number of amides is 1. The number of halogens is 5. The topological polar surface area (TPSA) is 75.6 Å². The number of ether oxygens (including phenoxy) is 1. The average Bonchev–Trinajstić information content (AvgIpc) is 2.43. The SMILES string of the molecule is O=C(O)CSCC(=O)NC(c1ccccc1OC(F)F)C(F)(F)F. The second-order valence-corrected chi connectivity index (χ2v) is 5.33. The fraction of sp³-hybridized carbons (Fsp3) is 0.385. The molecule has 0 spiro atoms. The second kappa shape index (κ2) is 8.71. The highest BCUT2D eigenvalue weighted by Gasteiger charge is 2.43. The Morgan fingerprint density at radius 3 is 2.38 bits per heavy atom. The zero-order chi connectivity index (χ0) is 18.3. The van der Waals surface area contributed by atoms with Crippen LogP contribution < -0.4 is 10.1 Å². The van der Waals surface area contributed by atoms with Crippen LogP contribution in [0.2, 0.25) is 0 Å². The molecule has 0 fully saturated rings. The smallest absolute Gasteiger partial charge is 0.413 e. The van der Waals surface area contributed by atoms with Crippen molar-refractivity contribution in [3.05, 3.63) is 29.8 Å². The number of carbonyl (C=O) groups excluding carboxylic acids is 1. The lowest BCUT2D eigenvalue weighted by Gasteiger charge is -2.24. The minimum atomic E-state index is -4.96. The summed E-state index contributed by atoms with van der Waals surface area (Å²) in [5.41, 5.74) is -0.679. The summed E-state index contributed by atoms with van der Waals surface area (Å²) in [4.78, 5) is 21.9. The van der Waals surface area contributed by atoms with Crippen LogP contribution in [0.15, 0.2) is 24.3 Å². The Kier molecular flexibility index (Phi) is 7.26. The summed E-state index contributed by atoms with van der Waals surface area (Å²) in [6.45, 7) is -3.33. The number of alkyl halides is 5. The minimum absolute atomic E-state index is 0.463. The largest absolute Gasteiger partial charge is 0.481 e. The number of hydrogen-bond acceptors (Lipinski definition) is 4. The highest BCUT2D eigenvalue weighted by atomic mass is 32.2. The van der Waals surface area contributed by atoms with Gasteiger partial charge >= 0.3 is 18.8 Å². The van der Waals surface area contributed by atoms with E-state index in [0.717, 1.165) is 12.1 Å². The standard InChI is InChI=1S/C13H12F5NO4S/c14-12(15)23-8-4-2-1-3-7(8)11(13(16,17)18)19-9(20)5-24-6-10(21)22/h1-4,11-12H,5-6H2,(H,19,20)(H,21,22). The first-order chi connectivity index (χ1) is 11.1. The predicted octanol–water partition coefficient (Wildman–Crippen LogP) is 2.83. The van der Waals surface area contributed by atoms with E-state index >= 15 is 0 Å². The number of benzene rings is 1. The number of aliphatic carboxylic acids is 1. The van der Waals surface area contributed by atoms with Gasteiger partial charge in [0.2, 0.25) is 5.91 Å². The monoisotopic (exact) mass is 373 g/mol. The van der Waals surface area contributed by atoms with Gasteiger partial charge in [-0.05, 0) is 6.07 Å². The Labute approximate surface area is 137 Å². The maximum atomic E-state index is 13.2. The molecule has 0 saturated heterocycles. The maximum absolute atomic E-state index is 13.2. The summed E-state index contributed by atoms with van der Waals surface area (Å²) in [5.74, 6) is -4.02. The highest BCUT2D eigenvalue weighted by Crippen LogP contribution is 2.37. The van der Waals surface area contributed by atoms with Gasteiger partial charge < -0.3 is 15.2 Å². The molecule has 0 aliphatic rings. The summed E-state index contributed by atoms with van der Waals surface area (Å²) in [5, 5.41) is 10.1. The van der Waals surface area contributed by atoms with Crippen molar-refractivity contribution in [3.63, 3.8) is 0 Å². The fourth-order valence-corrected chi connectivity index (χ4v) is 2.24. The molecule has 5 nitrogen and oxygen atoms in total. The summed E-state index contributed by atoms with van der Waals surface area (Å²) < 4.78 is 68.2. The zero-order valence-corrected chi connectivity index (χ0v) is 12.7. The molecule has 0 heterocycles. The Morgan fingerprint density at radius 2 is 1.83 bits per heavy atom. The van der Waals surface area contributed by atoms with Crippen LogP contribution in [0, 0.1) is 0 Å². The van der Waals surface area contributed by atoms with E-state index in [4.69, 9.17) is 5.11 Å². The normalized spacial score (nSPS) is 12.8. The fourth-order valence-electron chi connectivity index (χ4n) is 1.69. The van der Waals surface area contributed by atoms with Gasteiger partial charge in [0.15, 0.2) is 6.04 Å².